The summed E-state index contributed by atoms with van der Waals surface area (Å²) in [5, 5.41) is 0. The van der Waals surface area contributed by atoms with Gasteiger partial charge in [0.2, 0.25) is 0 Å². The second kappa shape index (κ2) is 6.98. The molecule has 1 aliphatic heterocycles. The number of rotatable bonds is 5. The molecule has 0 amide bonds. The molecule has 7 heteroatoms. The smallest absolute Gasteiger partial charge is 0.422 e. The van der Waals surface area contributed by atoms with Gasteiger partial charge in [-0.2, -0.15) is 13.2 Å². The third kappa shape index (κ3) is 4.86. The maximum atomic E-state index is 12.3. The van der Waals surface area contributed by atoms with Crippen LogP contribution in [0.3, 0.4) is 0 Å². The second-order valence-corrected chi connectivity index (χ2v) is 5.87. The minimum absolute atomic E-state index is 0.191. The summed E-state index contributed by atoms with van der Waals surface area (Å²) in [7, 11) is 1.67. The number of methoxy groups -OCH3 is 1. The molecule has 1 saturated heterocycles. The number of nitrogens with zero attached hydrogens (tertiary/aromatic N) is 1. The number of benzene rings is 1. The lowest BCUT2D eigenvalue weighted by Gasteiger charge is -2.19. The van der Waals surface area contributed by atoms with E-state index < -0.39 is 12.8 Å². The molecule has 118 valence electrons. The van der Waals surface area contributed by atoms with E-state index in [1.54, 1.807) is 25.3 Å². The first kappa shape index (κ1) is 16.6. The Morgan fingerprint density at radius 3 is 2.76 bits per heavy atom. The Bertz CT molecular complexity index is 482. The SMILES string of the molecule is CO[C@@H]1CCN(Cc2cccc(Br)c2OCC(F)(F)F)C1. The van der Waals surface area contributed by atoms with Crippen molar-refractivity contribution in [2.45, 2.75) is 25.2 Å². The van der Waals surface area contributed by atoms with Crippen LogP contribution < -0.4 is 4.74 Å². The molecule has 0 saturated carbocycles. The number of likely N-dealkylation sites (tertiary alicyclic amines) is 1. The average Bonchev–Trinajstić information content (AvgIpc) is 2.84. The predicted octanol–water partition coefficient (Wildman–Crippen LogP) is 3.61. The molecule has 0 unspecified atom stereocenters. The Hall–Kier alpha value is -0.790. The Morgan fingerprint density at radius 2 is 2.14 bits per heavy atom. The number of hydrogen-bond acceptors (Lipinski definition) is 3. The number of halogens is 4. The summed E-state index contributed by atoms with van der Waals surface area (Å²) in [6, 6.07) is 5.26. The predicted molar refractivity (Wildman–Crippen MR) is 76.4 cm³/mol. The second-order valence-electron chi connectivity index (χ2n) is 5.01. The maximum Gasteiger partial charge on any atom is 0.422 e. The molecule has 2 rings (SSSR count). The lowest BCUT2D eigenvalue weighted by molar-refractivity contribution is -0.153. The Morgan fingerprint density at radius 1 is 1.38 bits per heavy atom. The molecule has 1 fully saturated rings. The van der Waals surface area contributed by atoms with Crippen LogP contribution >= 0.6 is 15.9 Å². The molecule has 3 nitrogen and oxygen atoms in total. The third-order valence-corrected chi connectivity index (χ3v) is 4.01. The van der Waals surface area contributed by atoms with Gasteiger partial charge in [-0.25, -0.2) is 0 Å². The van der Waals surface area contributed by atoms with Crippen LogP contribution in [0.5, 0.6) is 5.75 Å². The summed E-state index contributed by atoms with van der Waals surface area (Å²) >= 11 is 3.25. The molecular formula is C14H17BrF3NO2. The van der Waals surface area contributed by atoms with Crippen molar-refractivity contribution in [3.05, 3.63) is 28.2 Å². The summed E-state index contributed by atoms with van der Waals surface area (Å²) in [6.07, 6.45) is -3.22. The third-order valence-electron chi connectivity index (χ3n) is 3.39. The van der Waals surface area contributed by atoms with Crippen LogP contribution in [-0.2, 0) is 11.3 Å². The van der Waals surface area contributed by atoms with E-state index in [9.17, 15) is 13.2 Å². The van der Waals surface area contributed by atoms with Gasteiger partial charge in [-0.15, -0.1) is 0 Å². The van der Waals surface area contributed by atoms with Gasteiger partial charge in [0.25, 0.3) is 0 Å². The largest absolute Gasteiger partial charge is 0.483 e. The first-order chi connectivity index (χ1) is 9.89. The number of para-hydroxylation sites is 1. The van der Waals surface area contributed by atoms with Gasteiger partial charge >= 0.3 is 6.18 Å². The van der Waals surface area contributed by atoms with Gasteiger partial charge in [-0.1, -0.05) is 12.1 Å². The lowest BCUT2D eigenvalue weighted by atomic mass is 10.2. The van der Waals surface area contributed by atoms with E-state index in [1.165, 1.54) is 0 Å². The van der Waals surface area contributed by atoms with Crippen molar-refractivity contribution in [2.24, 2.45) is 0 Å². The highest BCUT2D eigenvalue weighted by atomic mass is 79.9. The number of hydrogen-bond donors (Lipinski definition) is 0. The van der Waals surface area contributed by atoms with Crippen LogP contribution in [0.1, 0.15) is 12.0 Å². The van der Waals surface area contributed by atoms with Crippen molar-refractivity contribution in [2.75, 3.05) is 26.8 Å². The summed E-state index contributed by atoms with van der Waals surface area (Å²) in [5.41, 5.74) is 0.741. The molecule has 0 bridgehead atoms. The van der Waals surface area contributed by atoms with E-state index >= 15 is 0 Å². The monoisotopic (exact) mass is 367 g/mol. The topological polar surface area (TPSA) is 21.7 Å². The maximum absolute atomic E-state index is 12.3. The first-order valence-corrected chi connectivity index (χ1v) is 7.40. The molecule has 0 N–H and O–H groups in total. The van der Waals surface area contributed by atoms with Crippen LogP contribution in [0.2, 0.25) is 0 Å². The fraction of sp³-hybridized carbons (Fsp3) is 0.571. The Labute approximate surface area is 130 Å². The normalized spacial score (nSPS) is 20.0. The van der Waals surface area contributed by atoms with Gasteiger partial charge in [-0.05, 0) is 28.4 Å². The van der Waals surface area contributed by atoms with Gasteiger partial charge in [0.05, 0.1) is 10.6 Å². The van der Waals surface area contributed by atoms with Gasteiger partial charge < -0.3 is 9.47 Å². The number of alkyl halides is 3. The van der Waals surface area contributed by atoms with E-state index in [0.717, 1.165) is 25.1 Å². The fourth-order valence-electron chi connectivity index (χ4n) is 2.37. The highest BCUT2D eigenvalue weighted by Crippen LogP contribution is 2.32. The molecule has 21 heavy (non-hydrogen) atoms. The van der Waals surface area contributed by atoms with Crippen LogP contribution in [0.15, 0.2) is 22.7 Å². The molecule has 0 radical (unpaired) electrons. The molecular weight excluding hydrogens is 351 g/mol. The summed E-state index contributed by atoms with van der Waals surface area (Å²) in [5.74, 6) is 0.260. The van der Waals surface area contributed by atoms with E-state index in [-0.39, 0.29) is 11.9 Å². The molecule has 0 spiro atoms. The Kier molecular flexibility index (Phi) is 5.51. The van der Waals surface area contributed by atoms with Gasteiger partial charge in [0, 0.05) is 32.3 Å². The van der Waals surface area contributed by atoms with Crippen molar-refractivity contribution < 1.29 is 22.6 Å². The highest BCUT2D eigenvalue weighted by molar-refractivity contribution is 9.10. The van der Waals surface area contributed by atoms with Crippen LogP contribution in [-0.4, -0.2) is 44.0 Å². The van der Waals surface area contributed by atoms with Crippen molar-refractivity contribution in [3.8, 4) is 5.75 Å². The highest BCUT2D eigenvalue weighted by Gasteiger charge is 2.30. The van der Waals surface area contributed by atoms with Crippen molar-refractivity contribution in [1.29, 1.82) is 0 Å². The van der Waals surface area contributed by atoms with Gasteiger partial charge in [-0.3, -0.25) is 4.90 Å². The van der Waals surface area contributed by atoms with Gasteiger partial charge in [0.15, 0.2) is 6.61 Å². The Balaban J connectivity index is 2.07. The van der Waals surface area contributed by atoms with E-state index in [1.807, 2.05) is 0 Å². The molecule has 1 aromatic rings. The summed E-state index contributed by atoms with van der Waals surface area (Å²) in [6.45, 7) is 0.904. The summed E-state index contributed by atoms with van der Waals surface area (Å²) in [4.78, 5) is 2.15. The standard InChI is InChI=1S/C14H17BrF3NO2/c1-20-11-5-6-19(8-11)7-10-3-2-4-12(15)13(10)21-9-14(16,17)18/h2-4,11H,5-9H2,1H3/t11-/m1/s1. The van der Waals surface area contributed by atoms with Crippen molar-refractivity contribution in [3.63, 3.8) is 0 Å². The van der Waals surface area contributed by atoms with Crippen LogP contribution in [0.4, 0.5) is 13.2 Å². The first-order valence-electron chi connectivity index (χ1n) is 6.61. The quantitative estimate of drug-likeness (QED) is 0.793. The minimum atomic E-state index is -4.35. The zero-order valence-electron chi connectivity index (χ0n) is 11.6. The average molecular weight is 368 g/mol. The molecule has 0 aliphatic carbocycles. The van der Waals surface area contributed by atoms with E-state index in [2.05, 4.69) is 20.8 Å². The fourth-order valence-corrected chi connectivity index (χ4v) is 2.89. The molecule has 1 heterocycles. The van der Waals surface area contributed by atoms with E-state index in [0.29, 0.717) is 11.0 Å². The summed E-state index contributed by atoms with van der Waals surface area (Å²) < 4.78 is 47.8. The van der Waals surface area contributed by atoms with Crippen LogP contribution in [0.25, 0.3) is 0 Å². The van der Waals surface area contributed by atoms with E-state index in [4.69, 9.17) is 9.47 Å². The zero-order chi connectivity index (χ0) is 15.5. The van der Waals surface area contributed by atoms with Crippen molar-refractivity contribution in [1.82, 2.24) is 4.90 Å². The molecule has 1 atom stereocenters. The molecule has 0 aromatic heterocycles. The zero-order valence-corrected chi connectivity index (χ0v) is 13.2. The number of ether oxygens (including phenoxy) is 2. The van der Waals surface area contributed by atoms with Crippen molar-refractivity contribution >= 4 is 15.9 Å². The minimum Gasteiger partial charge on any atom is -0.483 e. The lowest BCUT2D eigenvalue weighted by Crippen LogP contribution is -2.24. The van der Waals surface area contributed by atoms with Crippen LogP contribution in [0, 0.1) is 0 Å². The molecule has 1 aliphatic rings. The molecule has 1 aromatic carbocycles. The van der Waals surface area contributed by atoms with Gasteiger partial charge in [0.1, 0.15) is 5.75 Å².